The lowest BCUT2D eigenvalue weighted by Crippen LogP contribution is -2.46. The Balaban J connectivity index is 1.62. The number of hydrogen-bond donors (Lipinski definition) is 0. The van der Waals surface area contributed by atoms with Crippen molar-refractivity contribution < 1.29 is 14.3 Å². The van der Waals surface area contributed by atoms with Gasteiger partial charge >= 0.3 is 0 Å². The number of carbonyl (C=O) groups is 1. The van der Waals surface area contributed by atoms with E-state index in [1.165, 1.54) is 5.56 Å². The summed E-state index contributed by atoms with van der Waals surface area (Å²) in [5.41, 5.74) is 1.80. The predicted octanol–water partition coefficient (Wildman–Crippen LogP) is 1.51. The van der Waals surface area contributed by atoms with Crippen LogP contribution in [-0.2, 0) is 18.2 Å². The van der Waals surface area contributed by atoms with E-state index in [1.807, 2.05) is 36.2 Å². The topological polar surface area (TPSA) is 56.6 Å². The average molecular weight is 315 g/mol. The Morgan fingerprint density at radius 1 is 1.39 bits per heavy atom. The summed E-state index contributed by atoms with van der Waals surface area (Å²) in [7, 11) is 3.46. The van der Waals surface area contributed by atoms with Crippen molar-refractivity contribution in [3.63, 3.8) is 0 Å². The number of nitrogens with zero attached hydrogens (tertiary/aromatic N) is 3. The van der Waals surface area contributed by atoms with E-state index in [0.717, 1.165) is 12.2 Å². The molecule has 0 N–H and O–H groups in total. The second-order valence-electron chi connectivity index (χ2n) is 5.70. The highest BCUT2D eigenvalue weighted by atomic mass is 16.5. The van der Waals surface area contributed by atoms with Crippen molar-refractivity contribution in [2.24, 2.45) is 7.05 Å². The van der Waals surface area contributed by atoms with Crippen LogP contribution in [0.2, 0.25) is 0 Å². The van der Waals surface area contributed by atoms with Crippen LogP contribution < -0.4 is 4.74 Å². The first-order valence-electron chi connectivity index (χ1n) is 7.68. The summed E-state index contributed by atoms with van der Waals surface area (Å²) >= 11 is 0. The monoisotopic (exact) mass is 315 g/mol. The molecule has 1 aromatic heterocycles. The molecule has 0 bridgehead atoms. The van der Waals surface area contributed by atoms with Crippen molar-refractivity contribution in [3.8, 4) is 5.75 Å². The van der Waals surface area contributed by atoms with Gasteiger partial charge in [-0.3, -0.25) is 9.48 Å². The van der Waals surface area contributed by atoms with Crippen LogP contribution in [0.4, 0.5) is 0 Å². The lowest BCUT2D eigenvalue weighted by molar-refractivity contribution is -0.0208. The number of ether oxygens (including phenoxy) is 2. The van der Waals surface area contributed by atoms with Crippen molar-refractivity contribution in [2.45, 2.75) is 12.5 Å². The molecule has 1 aliphatic heterocycles. The molecule has 3 rings (SSSR count). The van der Waals surface area contributed by atoms with Crippen LogP contribution in [0, 0.1) is 0 Å². The zero-order chi connectivity index (χ0) is 16.2. The summed E-state index contributed by atoms with van der Waals surface area (Å²) in [6.07, 6.45) is 4.14. The summed E-state index contributed by atoms with van der Waals surface area (Å²) in [5, 5.41) is 4.06. The van der Waals surface area contributed by atoms with Crippen LogP contribution in [0.5, 0.6) is 5.75 Å². The van der Waals surface area contributed by atoms with Gasteiger partial charge in [0.2, 0.25) is 0 Å². The maximum atomic E-state index is 12.5. The Hall–Kier alpha value is -2.34. The van der Waals surface area contributed by atoms with E-state index in [2.05, 4.69) is 5.10 Å². The Kier molecular flexibility index (Phi) is 4.62. The highest BCUT2D eigenvalue weighted by molar-refractivity contribution is 5.93. The molecule has 1 aliphatic rings. The Bertz CT molecular complexity index is 666. The van der Waals surface area contributed by atoms with Crippen molar-refractivity contribution in [2.75, 3.05) is 26.8 Å². The highest BCUT2D eigenvalue weighted by Gasteiger charge is 2.25. The summed E-state index contributed by atoms with van der Waals surface area (Å²) in [6, 6.07) is 7.95. The number of hydrogen-bond acceptors (Lipinski definition) is 4. The Labute approximate surface area is 135 Å². The lowest BCUT2D eigenvalue weighted by Gasteiger charge is -2.33. The molecule has 2 aromatic rings. The third-order valence-corrected chi connectivity index (χ3v) is 4.00. The van der Waals surface area contributed by atoms with E-state index in [9.17, 15) is 4.79 Å². The molecular formula is C17H21N3O3. The van der Waals surface area contributed by atoms with E-state index >= 15 is 0 Å². The van der Waals surface area contributed by atoms with Crippen molar-refractivity contribution >= 4 is 5.91 Å². The van der Waals surface area contributed by atoms with Crippen molar-refractivity contribution in [1.29, 1.82) is 0 Å². The van der Waals surface area contributed by atoms with Gasteiger partial charge in [0.05, 0.1) is 31.6 Å². The van der Waals surface area contributed by atoms with Crippen LogP contribution in [0.1, 0.15) is 15.9 Å². The minimum atomic E-state index is 0.0118. The molecule has 0 spiro atoms. The quantitative estimate of drug-likeness (QED) is 0.858. The summed E-state index contributed by atoms with van der Waals surface area (Å²) in [5.74, 6) is 0.854. The first kappa shape index (κ1) is 15.6. The zero-order valence-electron chi connectivity index (χ0n) is 13.4. The van der Waals surface area contributed by atoms with Crippen LogP contribution in [0.25, 0.3) is 0 Å². The van der Waals surface area contributed by atoms with Gasteiger partial charge in [-0.15, -0.1) is 0 Å². The standard InChI is InChI=1S/C17H21N3O3/c1-19-11-14(10-18-19)17(21)20-7-8-23-16(12-20)9-13-3-5-15(22-2)6-4-13/h3-6,10-11,16H,7-9,12H2,1-2H3/t16-/m1/s1. The third-order valence-electron chi connectivity index (χ3n) is 4.00. The van der Waals surface area contributed by atoms with E-state index in [1.54, 1.807) is 24.2 Å². The van der Waals surface area contributed by atoms with Crippen LogP contribution >= 0.6 is 0 Å². The van der Waals surface area contributed by atoms with E-state index < -0.39 is 0 Å². The third kappa shape index (κ3) is 3.71. The largest absolute Gasteiger partial charge is 0.497 e. The van der Waals surface area contributed by atoms with Gasteiger partial charge in [-0.2, -0.15) is 5.10 Å². The number of aryl methyl sites for hydroxylation is 1. The number of amides is 1. The summed E-state index contributed by atoms with van der Waals surface area (Å²) in [4.78, 5) is 14.3. The van der Waals surface area contributed by atoms with Gasteiger partial charge in [0.15, 0.2) is 0 Å². The highest BCUT2D eigenvalue weighted by Crippen LogP contribution is 2.17. The van der Waals surface area contributed by atoms with Crippen LogP contribution in [0.3, 0.4) is 0 Å². The first-order valence-corrected chi connectivity index (χ1v) is 7.68. The molecule has 1 saturated heterocycles. The van der Waals surface area contributed by atoms with E-state index in [0.29, 0.717) is 25.3 Å². The number of carbonyl (C=O) groups excluding carboxylic acids is 1. The Morgan fingerprint density at radius 3 is 2.83 bits per heavy atom. The maximum absolute atomic E-state index is 12.5. The SMILES string of the molecule is COc1ccc(C[C@@H]2CN(C(=O)c3cnn(C)c3)CCO2)cc1. The molecule has 1 amide bonds. The molecule has 2 heterocycles. The molecule has 1 aromatic carbocycles. The maximum Gasteiger partial charge on any atom is 0.257 e. The molecule has 0 aliphatic carbocycles. The molecule has 122 valence electrons. The fraction of sp³-hybridized carbons (Fsp3) is 0.412. The molecule has 0 radical (unpaired) electrons. The minimum absolute atomic E-state index is 0.0118. The fourth-order valence-electron chi connectivity index (χ4n) is 2.77. The average Bonchev–Trinajstić information content (AvgIpc) is 3.01. The lowest BCUT2D eigenvalue weighted by atomic mass is 10.1. The molecule has 0 unspecified atom stereocenters. The predicted molar refractivity (Wildman–Crippen MR) is 85.5 cm³/mol. The normalized spacial score (nSPS) is 18.0. The number of morpholine rings is 1. The van der Waals surface area contributed by atoms with Gasteiger partial charge < -0.3 is 14.4 Å². The van der Waals surface area contributed by atoms with E-state index in [-0.39, 0.29) is 12.0 Å². The van der Waals surface area contributed by atoms with Crippen LogP contribution in [-0.4, -0.2) is 53.5 Å². The van der Waals surface area contributed by atoms with Gasteiger partial charge in [-0.05, 0) is 17.7 Å². The minimum Gasteiger partial charge on any atom is -0.497 e. The first-order chi connectivity index (χ1) is 11.2. The van der Waals surface area contributed by atoms with Gasteiger partial charge in [-0.25, -0.2) is 0 Å². The molecular weight excluding hydrogens is 294 g/mol. The number of benzene rings is 1. The van der Waals surface area contributed by atoms with Crippen LogP contribution in [0.15, 0.2) is 36.7 Å². The van der Waals surface area contributed by atoms with Crippen molar-refractivity contribution in [1.82, 2.24) is 14.7 Å². The fourth-order valence-corrected chi connectivity index (χ4v) is 2.77. The van der Waals surface area contributed by atoms with Gasteiger partial charge in [0.25, 0.3) is 5.91 Å². The second kappa shape index (κ2) is 6.83. The van der Waals surface area contributed by atoms with Gasteiger partial charge in [0.1, 0.15) is 5.75 Å². The molecule has 1 fully saturated rings. The molecule has 6 heteroatoms. The molecule has 0 saturated carbocycles. The number of rotatable bonds is 4. The zero-order valence-corrected chi connectivity index (χ0v) is 13.4. The molecule has 6 nitrogen and oxygen atoms in total. The number of methoxy groups -OCH3 is 1. The summed E-state index contributed by atoms with van der Waals surface area (Å²) in [6.45, 7) is 1.78. The smallest absolute Gasteiger partial charge is 0.257 e. The van der Waals surface area contributed by atoms with E-state index in [4.69, 9.17) is 9.47 Å². The molecule has 1 atom stereocenters. The van der Waals surface area contributed by atoms with Gasteiger partial charge in [0, 0.05) is 32.8 Å². The Morgan fingerprint density at radius 2 is 2.17 bits per heavy atom. The number of aromatic nitrogens is 2. The summed E-state index contributed by atoms with van der Waals surface area (Å²) < 4.78 is 12.6. The molecule has 23 heavy (non-hydrogen) atoms. The van der Waals surface area contributed by atoms with Gasteiger partial charge in [-0.1, -0.05) is 12.1 Å². The van der Waals surface area contributed by atoms with Crippen molar-refractivity contribution in [3.05, 3.63) is 47.8 Å². The second-order valence-corrected chi connectivity index (χ2v) is 5.70.